The van der Waals surface area contributed by atoms with Crippen LogP contribution in [0.1, 0.15) is 12.7 Å². The minimum atomic E-state index is -0.271. The molecule has 1 aliphatic rings. The zero-order valence-electron chi connectivity index (χ0n) is 13.6. The van der Waals surface area contributed by atoms with Crippen molar-refractivity contribution in [2.24, 2.45) is 0 Å². The molecule has 1 amide bonds. The minimum Gasteiger partial charge on any atom is -0.497 e. The first-order valence-corrected chi connectivity index (χ1v) is 8.69. The van der Waals surface area contributed by atoms with E-state index in [1.54, 1.807) is 19.3 Å². The summed E-state index contributed by atoms with van der Waals surface area (Å²) in [7, 11) is 1.61. The highest BCUT2D eigenvalue weighted by Gasteiger charge is 2.32. The van der Waals surface area contributed by atoms with Gasteiger partial charge in [-0.25, -0.2) is 0 Å². The highest BCUT2D eigenvalue weighted by atomic mass is 32.2. The van der Waals surface area contributed by atoms with Crippen LogP contribution in [0.5, 0.6) is 5.75 Å². The number of hydrogen-bond acceptors (Lipinski definition) is 6. The molecule has 0 radical (unpaired) electrons. The van der Waals surface area contributed by atoms with Gasteiger partial charge in [0.25, 0.3) is 5.91 Å². The fourth-order valence-electron chi connectivity index (χ4n) is 2.33. The summed E-state index contributed by atoms with van der Waals surface area (Å²) in [6, 6.07) is 11.1. The number of ketones is 1. The van der Waals surface area contributed by atoms with Gasteiger partial charge >= 0.3 is 0 Å². The van der Waals surface area contributed by atoms with Crippen molar-refractivity contribution in [3.05, 3.63) is 47.1 Å². The van der Waals surface area contributed by atoms with E-state index in [4.69, 9.17) is 21.4 Å². The molecular formula is C18H15NO4S2. The lowest BCUT2D eigenvalue weighted by Gasteiger charge is -2.11. The molecule has 0 atom stereocenters. The number of rotatable bonds is 5. The van der Waals surface area contributed by atoms with E-state index in [1.165, 1.54) is 23.6 Å². The third-order valence-corrected chi connectivity index (χ3v) is 4.91. The number of methoxy groups -OCH3 is 1. The third kappa shape index (κ3) is 3.83. The standard InChI is InChI=1S/C18H15NO4S2/c1-11(20)10-19-17(21)16(25-18(19)24)9-14-7-8-15(23-14)12-3-5-13(22-2)6-4-12/h3-9H,10H2,1-2H3/b16-9-. The first kappa shape index (κ1) is 17.4. The van der Waals surface area contributed by atoms with Gasteiger partial charge in [-0.1, -0.05) is 24.0 Å². The largest absolute Gasteiger partial charge is 0.497 e. The Balaban J connectivity index is 1.80. The van der Waals surface area contributed by atoms with E-state index in [0.717, 1.165) is 11.3 Å². The van der Waals surface area contributed by atoms with Crippen molar-refractivity contribution in [1.29, 1.82) is 0 Å². The second-order valence-corrected chi connectivity index (χ2v) is 7.08. The normalized spacial score (nSPS) is 15.9. The Bertz CT molecular complexity index is 867. The number of carbonyl (C=O) groups is 2. The SMILES string of the molecule is COc1ccc(-c2ccc(/C=C3\SC(=S)N(CC(C)=O)C3=O)o2)cc1. The van der Waals surface area contributed by atoms with Gasteiger partial charge < -0.3 is 9.15 Å². The molecular weight excluding hydrogens is 358 g/mol. The van der Waals surface area contributed by atoms with Crippen LogP contribution in [0.25, 0.3) is 17.4 Å². The summed E-state index contributed by atoms with van der Waals surface area (Å²) in [5, 5.41) is 0. The number of carbonyl (C=O) groups excluding carboxylic acids is 2. The maximum atomic E-state index is 12.3. The number of thiocarbonyl (C=S) groups is 1. The summed E-state index contributed by atoms with van der Waals surface area (Å²) in [5.74, 6) is 1.62. The van der Waals surface area contributed by atoms with Gasteiger partial charge in [0, 0.05) is 11.6 Å². The van der Waals surface area contributed by atoms with Crippen LogP contribution in [0.4, 0.5) is 0 Å². The molecule has 0 aliphatic carbocycles. The van der Waals surface area contributed by atoms with Gasteiger partial charge in [0.05, 0.1) is 18.6 Å². The Morgan fingerprint density at radius 1 is 1.28 bits per heavy atom. The monoisotopic (exact) mass is 373 g/mol. The third-order valence-electron chi connectivity index (χ3n) is 3.53. The summed E-state index contributed by atoms with van der Waals surface area (Å²) < 4.78 is 11.3. The second kappa shape index (κ2) is 7.25. The van der Waals surface area contributed by atoms with E-state index in [1.807, 2.05) is 30.3 Å². The first-order chi connectivity index (χ1) is 12.0. The van der Waals surface area contributed by atoms with Crippen LogP contribution >= 0.6 is 24.0 Å². The molecule has 0 saturated carbocycles. The molecule has 1 aromatic heterocycles. The first-order valence-electron chi connectivity index (χ1n) is 7.47. The number of amides is 1. The van der Waals surface area contributed by atoms with Gasteiger partial charge in [-0.05, 0) is 43.3 Å². The Hall–Kier alpha value is -2.38. The van der Waals surface area contributed by atoms with Gasteiger partial charge in [0.2, 0.25) is 0 Å². The topological polar surface area (TPSA) is 59.8 Å². The predicted molar refractivity (Wildman–Crippen MR) is 101 cm³/mol. The molecule has 3 rings (SSSR count). The van der Waals surface area contributed by atoms with Gasteiger partial charge in [0.1, 0.15) is 27.4 Å². The lowest BCUT2D eigenvalue weighted by Crippen LogP contribution is -2.32. The fraction of sp³-hybridized carbons (Fsp3) is 0.167. The Morgan fingerprint density at radius 3 is 2.64 bits per heavy atom. The van der Waals surface area contributed by atoms with Gasteiger partial charge in [-0.2, -0.15) is 0 Å². The van der Waals surface area contributed by atoms with E-state index in [-0.39, 0.29) is 18.2 Å². The molecule has 25 heavy (non-hydrogen) atoms. The summed E-state index contributed by atoms with van der Waals surface area (Å²) in [6.07, 6.45) is 1.65. The molecule has 1 fully saturated rings. The minimum absolute atomic E-state index is 0.00272. The van der Waals surface area contributed by atoms with Crippen LogP contribution in [0, 0.1) is 0 Å². The van der Waals surface area contributed by atoms with Crippen LogP contribution in [0.15, 0.2) is 45.7 Å². The van der Waals surface area contributed by atoms with E-state index >= 15 is 0 Å². The Morgan fingerprint density at radius 2 is 2.00 bits per heavy atom. The molecule has 1 saturated heterocycles. The van der Waals surface area contributed by atoms with Crippen LogP contribution in [-0.2, 0) is 9.59 Å². The smallest absolute Gasteiger partial charge is 0.266 e. The molecule has 2 heterocycles. The van der Waals surface area contributed by atoms with Crippen molar-refractivity contribution in [3.8, 4) is 17.1 Å². The number of furan rings is 1. The molecule has 1 aliphatic heterocycles. The second-order valence-electron chi connectivity index (χ2n) is 5.40. The van der Waals surface area contributed by atoms with Gasteiger partial charge in [-0.3, -0.25) is 14.5 Å². The molecule has 0 bridgehead atoms. The summed E-state index contributed by atoms with van der Waals surface area (Å²) in [6.45, 7) is 1.42. The van der Waals surface area contributed by atoms with Gasteiger partial charge in [0.15, 0.2) is 0 Å². The zero-order valence-corrected chi connectivity index (χ0v) is 15.3. The highest BCUT2D eigenvalue weighted by Crippen LogP contribution is 2.33. The van der Waals surface area contributed by atoms with Crippen molar-refractivity contribution < 1.29 is 18.7 Å². The average molecular weight is 373 g/mol. The molecule has 128 valence electrons. The number of thioether (sulfide) groups is 1. The van der Waals surface area contributed by atoms with Crippen molar-refractivity contribution in [2.75, 3.05) is 13.7 Å². The molecule has 5 nitrogen and oxygen atoms in total. The quantitative estimate of drug-likeness (QED) is 0.588. The molecule has 7 heteroatoms. The lowest BCUT2D eigenvalue weighted by atomic mass is 10.2. The fourth-order valence-corrected chi connectivity index (χ4v) is 3.56. The number of nitrogens with zero attached hydrogens (tertiary/aromatic N) is 1. The number of Topliss-reactive ketones (excluding diaryl/α,β-unsaturated/α-hetero) is 1. The van der Waals surface area contributed by atoms with Crippen molar-refractivity contribution in [2.45, 2.75) is 6.92 Å². The lowest BCUT2D eigenvalue weighted by molar-refractivity contribution is -0.126. The molecule has 2 aromatic rings. The molecule has 0 unspecified atom stereocenters. The zero-order chi connectivity index (χ0) is 18.0. The van der Waals surface area contributed by atoms with E-state index in [2.05, 4.69) is 0 Å². The van der Waals surface area contributed by atoms with E-state index < -0.39 is 0 Å². The van der Waals surface area contributed by atoms with Gasteiger partial charge in [-0.15, -0.1) is 0 Å². The Kier molecular flexibility index (Phi) is 5.06. The van der Waals surface area contributed by atoms with Crippen molar-refractivity contribution in [1.82, 2.24) is 4.90 Å². The summed E-state index contributed by atoms with van der Waals surface area (Å²) >= 11 is 6.34. The van der Waals surface area contributed by atoms with E-state index in [9.17, 15) is 9.59 Å². The highest BCUT2D eigenvalue weighted by molar-refractivity contribution is 8.26. The average Bonchev–Trinajstić information content (AvgIpc) is 3.15. The molecule has 0 N–H and O–H groups in total. The summed E-state index contributed by atoms with van der Waals surface area (Å²) in [5.41, 5.74) is 0.907. The van der Waals surface area contributed by atoms with Crippen LogP contribution in [-0.4, -0.2) is 34.6 Å². The predicted octanol–water partition coefficient (Wildman–Crippen LogP) is 3.75. The number of ether oxygens (including phenoxy) is 1. The van der Waals surface area contributed by atoms with E-state index in [0.29, 0.717) is 20.7 Å². The van der Waals surface area contributed by atoms with Crippen LogP contribution < -0.4 is 4.74 Å². The number of benzene rings is 1. The summed E-state index contributed by atoms with van der Waals surface area (Å²) in [4.78, 5) is 25.3. The maximum Gasteiger partial charge on any atom is 0.266 e. The Labute approximate surface area is 154 Å². The number of hydrogen-bond donors (Lipinski definition) is 0. The molecule has 0 spiro atoms. The van der Waals surface area contributed by atoms with Crippen LogP contribution in [0.2, 0.25) is 0 Å². The maximum absolute atomic E-state index is 12.3. The van der Waals surface area contributed by atoms with Crippen LogP contribution in [0.3, 0.4) is 0 Å². The molecule has 1 aromatic carbocycles. The van der Waals surface area contributed by atoms with Crippen molar-refractivity contribution >= 4 is 46.1 Å². The van der Waals surface area contributed by atoms with Crippen molar-refractivity contribution in [3.63, 3.8) is 0 Å².